The standard InChI is InChI=1S/C12H17NO2.C9H10/c1-12(2,15)13-11(14)9-8-10-6-4-3-5-7-10;1-2-5-9-7-3-6-8(9)4-1/h3-7,15H,8-9H2,1-2H3,(H,13,14);1-2,4-5H,3,6-7H2. The molecule has 3 nitrogen and oxygen atoms in total. The maximum absolute atomic E-state index is 11.4. The molecule has 2 N–H and O–H groups in total. The van der Waals surface area contributed by atoms with Crippen LogP contribution in [-0.4, -0.2) is 16.7 Å². The highest BCUT2D eigenvalue weighted by atomic mass is 16.3. The zero-order valence-corrected chi connectivity index (χ0v) is 14.6. The van der Waals surface area contributed by atoms with Gasteiger partial charge >= 0.3 is 0 Å². The van der Waals surface area contributed by atoms with Crippen molar-refractivity contribution in [2.75, 3.05) is 0 Å². The molecular formula is C21H27NO2. The molecule has 0 radical (unpaired) electrons. The third-order valence-corrected chi connectivity index (χ3v) is 3.94. The molecule has 0 heterocycles. The van der Waals surface area contributed by atoms with Crippen molar-refractivity contribution in [3.8, 4) is 0 Å². The summed E-state index contributed by atoms with van der Waals surface area (Å²) >= 11 is 0. The van der Waals surface area contributed by atoms with Gasteiger partial charge in [0.1, 0.15) is 5.72 Å². The van der Waals surface area contributed by atoms with Crippen molar-refractivity contribution < 1.29 is 9.90 Å². The lowest BCUT2D eigenvalue weighted by molar-refractivity contribution is -0.126. The molecule has 0 fully saturated rings. The van der Waals surface area contributed by atoms with Gasteiger partial charge in [0.15, 0.2) is 0 Å². The molecule has 128 valence electrons. The summed E-state index contributed by atoms with van der Waals surface area (Å²) in [4.78, 5) is 11.4. The summed E-state index contributed by atoms with van der Waals surface area (Å²) in [5, 5.41) is 11.9. The quantitative estimate of drug-likeness (QED) is 0.843. The number of amides is 1. The molecule has 0 aliphatic heterocycles. The van der Waals surface area contributed by atoms with Gasteiger partial charge in [-0.15, -0.1) is 0 Å². The van der Waals surface area contributed by atoms with Crippen molar-refractivity contribution in [3.63, 3.8) is 0 Å². The average molecular weight is 325 g/mol. The summed E-state index contributed by atoms with van der Waals surface area (Å²) in [6, 6.07) is 18.5. The summed E-state index contributed by atoms with van der Waals surface area (Å²) in [5.41, 5.74) is 3.13. The van der Waals surface area contributed by atoms with Gasteiger partial charge in [-0.05, 0) is 56.2 Å². The minimum Gasteiger partial charge on any atom is -0.372 e. The fourth-order valence-corrected chi connectivity index (χ4v) is 2.82. The minimum absolute atomic E-state index is 0.133. The number of hydrogen-bond acceptors (Lipinski definition) is 2. The molecule has 1 aliphatic carbocycles. The number of hydrogen-bond donors (Lipinski definition) is 2. The van der Waals surface area contributed by atoms with Crippen LogP contribution in [0.2, 0.25) is 0 Å². The van der Waals surface area contributed by atoms with Gasteiger partial charge in [0.05, 0.1) is 0 Å². The van der Waals surface area contributed by atoms with Crippen LogP contribution >= 0.6 is 0 Å². The maximum atomic E-state index is 11.4. The van der Waals surface area contributed by atoms with Gasteiger partial charge in [0, 0.05) is 6.42 Å². The first-order valence-electron chi connectivity index (χ1n) is 8.58. The van der Waals surface area contributed by atoms with Gasteiger partial charge in [-0.2, -0.15) is 0 Å². The van der Waals surface area contributed by atoms with E-state index in [1.807, 2.05) is 30.3 Å². The number of benzene rings is 2. The van der Waals surface area contributed by atoms with Gasteiger partial charge in [-0.3, -0.25) is 4.79 Å². The Morgan fingerprint density at radius 1 is 1.00 bits per heavy atom. The Labute approximate surface area is 144 Å². The van der Waals surface area contributed by atoms with Crippen LogP contribution in [0.4, 0.5) is 0 Å². The molecule has 0 saturated heterocycles. The van der Waals surface area contributed by atoms with E-state index in [0.717, 1.165) is 5.56 Å². The van der Waals surface area contributed by atoms with Gasteiger partial charge < -0.3 is 10.4 Å². The molecule has 3 heteroatoms. The van der Waals surface area contributed by atoms with Crippen LogP contribution in [0.1, 0.15) is 43.4 Å². The molecule has 0 atom stereocenters. The minimum atomic E-state index is -1.13. The van der Waals surface area contributed by atoms with Gasteiger partial charge in [0.2, 0.25) is 5.91 Å². The third-order valence-electron chi connectivity index (χ3n) is 3.94. The van der Waals surface area contributed by atoms with E-state index in [1.54, 1.807) is 25.0 Å². The lowest BCUT2D eigenvalue weighted by Crippen LogP contribution is -2.43. The lowest BCUT2D eigenvalue weighted by atomic mass is 10.1. The van der Waals surface area contributed by atoms with Crippen LogP contribution < -0.4 is 5.32 Å². The second-order valence-corrected chi connectivity index (χ2v) is 6.72. The number of nitrogens with one attached hydrogen (secondary N) is 1. The predicted octanol–water partition coefficient (Wildman–Crippen LogP) is 3.64. The van der Waals surface area contributed by atoms with Crippen LogP contribution in [-0.2, 0) is 24.1 Å². The van der Waals surface area contributed by atoms with Crippen LogP contribution in [0.5, 0.6) is 0 Å². The Hall–Kier alpha value is -2.13. The number of rotatable bonds is 4. The number of fused-ring (bicyclic) bond motifs is 1. The van der Waals surface area contributed by atoms with Crippen molar-refractivity contribution in [2.24, 2.45) is 0 Å². The largest absolute Gasteiger partial charge is 0.372 e. The molecule has 0 unspecified atom stereocenters. The zero-order chi connectivity index (χ0) is 17.4. The molecule has 1 amide bonds. The molecule has 0 saturated carbocycles. The zero-order valence-electron chi connectivity index (χ0n) is 14.6. The summed E-state index contributed by atoms with van der Waals surface area (Å²) in [6.45, 7) is 3.10. The molecule has 2 aromatic rings. The van der Waals surface area contributed by atoms with Gasteiger partial charge in [-0.1, -0.05) is 54.6 Å². The molecule has 0 aromatic heterocycles. The number of carbonyl (C=O) groups is 1. The van der Waals surface area contributed by atoms with Gasteiger partial charge in [0.25, 0.3) is 0 Å². The van der Waals surface area contributed by atoms with Crippen molar-refractivity contribution >= 4 is 5.91 Å². The second-order valence-electron chi connectivity index (χ2n) is 6.72. The van der Waals surface area contributed by atoms with Crippen LogP contribution in [0, 0.1) is 0 Å². The van der Waals surface area contributed by atoms with Crippen LogP contribution in [0.25, 0.3) is 0 Å². The maximum Gasteiger partial charge on any atom is 0.222 e. The fraction of sp³-hybridized carbons (Fsp3) is 0.381. The average Bonchev–Trinajstić information content (AvgIpc) is 3.02. The third kappa shape index (κ3) is 6.55. The first kappa shape index (κ1) is 18.2. The van der Waals surface area contributed by atoms with E-state index >= 15 is 0 Å². The first-order valence-corrected chi connectivity index (χ1v) is 8.58. The summed E-state index contributed by atoms with van der Waals surface area (Å²) < 4.78 is 0. The van der Waals surface area contributed by atoms with Crippen molar-refractivity contribution in [3.05, 3.63) is 71.3 Å². The van der Waals surface area contributed by atoms with Crippen LogP contribution in [0.15, 0.2) is 54.6 Å². The van der Waals surface area contributed by atoms with E-state index in [1.165, 1.54) is 19.3 Å². The molecule has 2 aromatic carbocycles. The summed E-state index contributed by atoms with van der Waals surface area (Å²) in [5.74, 6) is -0.133. The normalized spacial score (nSPS) is 12.8. The van der Waals surface area contributed by atoms with Crippen LogP contribution in [0.3, 0.4) is 0 Å². The number of aryl methyl sites for hydroxylation is 3. The van der Waals surface area contributed by atoms with E-state index in [2.05, 4.69) is 29.6 Å². The molecule has 1 aliphatic rings. The van der Waals surface area contributed by atoms with Crippen molar-refractivity contribution in [2.45, 2.75) is 51.7 Å². The summed E-state index contributed by atoms with van der Waals surface area (Å²) in [6.07, 6.45) is 5.06. The highest BCUT2D eigenvalue weighted by molar-refractivity contribution is 5.76. The van der Waals surface area contributed by atoms with E-state index in [0.29, 0.717) is 12.8 Å². The molecular weight excluding hydrogens is 298 g/mol. The Bertz CT molecular complexity index is 621. The molecule has 3 rings (SSSR count). The first-order chi connectivity index (χ1) is 11.4. The molecule has 0 bridgehead atoms. The Kier molecular flexibility index (Phi) is 6.56. The SMILES string of the molecule is CC(C)(O)NC(=O)CCc1ccccc1.c1ccc2c(c1)CCC2. The van der Waals surface area contributed by atoms with E-state index in [9.17, 15) is 9.90 Å². The monoisotopic (exact) mass is 325 g/mol. The van der Waals surface area contributed by atoms with Crippen molar-refractivity contribution in [1.82, 2.24) is 5.32 Å². The van der Waals surface area contributed by atoms with Crippen molar-refractivity contribution in [1.29, 1.82) is 0 Å². The number of carbonyl (C=O) groups excluding carboxylic acids is 1. The van der Waals surface area contributed by atoms with E-state index in [4.69, 9.17) is 0 Å². The smallest absolute Gasteiger partial charge is 0.222 e. The predicted molar refractivity (Wildman–Crippen MR) is 97.7 cm³/mol. The Morgan fingerprint density at radius 3 is 2.08 bits per heavy atom. The molecule has 0 spiro atoms. The highest BCUT2D eigenvalue weighted by Gasteiger charge is 2.14. The molecule has 24 heavy (non-hydrogen) atoms. The lowest BCUT2D eigenvalue weighted by Gasteiger charge is -2.18. The second kappa shape index (κ2) is 8.65. The highest BCUT2D eigenvalue weighted by Crippen LogP contribution is 2.20. The topological polar surface area (TPSA) is 49.3 Å². The Balaban J connectivity index is 0.000000194. The number of aliphatic hydroxyl groups is 1. The fourth-order valence-electron chi connectivity index (χ4n) is 2.82. The summed E-state index contributed by atoms with van der Waals surface area (Å²) in [7, 11) is 0. The van der Waals surface area contributed by atoms with E-state index in [-0.39, 0.29) is 5.91 Å². The van der Waals surface area contributed by atoms with Gasteiger partial charge in [-0.25, -0.2) is 0 Å². The Morgan fingerprint density at radius 2 is 1.54 bits per heavy atom. The van der Waals surface area contributed by atoms with E-state index < -0.39 is 5.72 Å².